The normalized spacial score (nSPS) is 9.83. The molecule has 1 aromatic rings. The van der Waals surface area contributed by atoms with E-state index >= 15 is 0 Å². The number of carbonyl (C=O) groups is 1. The molecule has 1 aromatic heterocycles. The van der Waals surface area contributed by atoms with Crippen molar-refractivity contribution in [3.05, 3.63) is 18.1 Å². The quantitative estimate of drug-likeness (QED) is 0.315. The number of hydrogen-bond acceptors (Lipinski definition) is 4. The fourth-order valence-electron chi connectivity index (χ4n) is 0.708. The Balaban J connectivity index is 2.43. The van der Waals surface area contributed by atoms with E-state index in [1.165, 1.54) is 11.8 Å². The summed E-state index contributed by atoms with van der Waals surface area (Å²) in [6, 6.07) is 1.82. The maximum Gasteiger partial charge on any atom is 0.244 e. The van der Waals surface area contributed by atoms with E-state index in [-0.39, 0.29) is 5.91 Å². The zero-order valence-corrected chi connectivity index (χ0v) is 7.48. The zero-order chi connectivity index (χ0) is 8.97. The third-order valence-corrected chi connectivity index (χ3v) is 2.47. The van der Waals surface area contributed by atoms with Gasteiger partial charge in [-0.1, -0.05) is 0 Å². The monoisotopic (exact) mass is 186 g/mol. The van der Waals surface area contributed by atoms with E-state index < -0.39 is 0 Å². The molecule has 0 saturated carbocycles. The molecule has 0 fully saturated rings. The molecule has 0 aliphatic rings. The number of furan rings is 1. The summed E-state index contributed by atoms with van der Waals surface area (Å²) in [5.74, 6) is 5.86. The highest BCUT2D eigenvalue weighted by molar-refractivity contribution is 8.00. The number of rotatable bonds is 3. The summed E-state index contributed by atoms with van der Waals surface area (Å²) < 4.78 is 5.05. The molecule has 0 atom stereocenters. The minimum absolute atomic E-state index is 0.194. The van der Waals surface area contributed by atoms with E-state index in [4.69, 9.17) is 10.3 Å². The van der Waals surface area contributed by atoms with Crippen LogP contribution in [0.2, 0.25) is 0 Å². The lowest BCUT2D eigenvalue weighted by molar-refractivity contribution is -0.118. The van der Waals surface area contributed by atoms with Crippen LogP contribution in [0.3, 0.4) is 0 Å². The largest absolute Gasteiger partial charge is 0.468 e. The van der Waals surface area contributed by atoms with Crippen molar-refractivity contribution in [3.8, 4) is 0 Å². The Hall–Kier alpha value is -0.940. The fraction of sp³-hybridized carbons (Fsp3) is 0.286. The molecule has 4 nitrogen and oxygen atoms in total. The van der Waals surface area contributed by atoms with Gasteiger partial charge in [0.15, 0.2) is 0 Å². The van der Waals surface area contributed by atoms with E-state index in [1.54, 1.807) is 6.26 Å². The van der Waals surface area contributed by atoms with Gasteiger partial charge >= 0.3 is 0 Å². The summed E-state index contributed by atoms with van der Waals surface area (Å²) >= 11 is 1.40. The fourth-order valence-corrected chi connectivity index (χ4v) is 1.48. The number of hydrazine groups is 1. The first-order chi connectivity index (χ1) is 5.74. The summed E-state index contributed by atoms with van der Waals surface area (Å²) in [5, 5.41) is 0. The van der Waals surface area contributed by atoms with Gasteiger partial charge in [0, 0.05) is 4.90 Å². The molecule has 3 N–H and O–H groups in total. The summed E-state index contributed by atoms with van der Waals surface area (Å²) in [5.41, 5.74) is 2.06. The third-order valence-electron chi connectivity index (χ3n) is 1.33. The highest BCUT2D eigenvalue weighted by atomic mass is 32.2. The van der Waals surface area contributed by atoms with Gasteiger partial charge in [0.2, 0.25) is 5.91 Å². The Morgan fingerprint density at radius 2 is 2.58 bits per heavy atom. The molecule has 0 spiro atoms. The second-order valence-corrected chi connectivity index (χ2v) is 3.21. The SMILES string of the molecule is Cc1occc1SCC(=O)NN. The zero-order valence-electron chi connectivity index (χ0n) is 6.66. The predicted octanol–water partition coefficient (Wildman–Crippen LogP) is 0.670. The molecule has 0 bridgehead atoms. The molecule has 0 aliphatic heterocycles. The van der Waals surface area contributed by atoms with Crippen LogP contribution in [0, 0.1) is 6.92 Å². The van der Waals surface area contributed by atoms with E-state index in [1.807, 2.05) is 13.0 Å². The summed E-state index contributed by atoms with van der Waals surface area (Å²) in [6.45, 7) is 1.85. The first kappa shape index (κ1) is 9.15. The van der Waals surface area contributed by atoms with Crippen LogP contribution in [-0.2, 0) is 4.79 Å². The van der Waals surface area contributed by atoms with Gasteiger partial charge in [0.1, 0.15) is 5.76 Å². The third kappa shape index (κ3) is 2.28. The standard InChI is InChI=1S/C7H10N2O2S/c1-5-6(2-3-11-5)12-4-7(10)9-8/h2-3H,4,8H2,1H3,(H,9,10). The van der Waals surface area contributed by atoms with Gasteiger partial charge in [-0.2, -0.15) is 0 Å². The maximum atomic E-state index is 10.7. The molecule has 0 aromatic carbocycles. The van der Waals surface area contributed by atoms with Gasteiger partial charge in [-0.05, 0) is 13.0 Å². The van der Waals surface area contributed by atoms with Crippen LogP contribution in [0.25, 0.3) is 0 Å². The van der Waals surface area contributed by atoms with Crippen molar-refractivity contribution in [2.24, 2.45) is 5.84 Å². The molecule has 0 radical (unpaired) electrons. The predicted molar refractivity (Wildman–Crippen MR) is 46.5 cm³/mol. The maximum absolute atomic E-state index is 10.7. The van der Waals surface area contributed by atoms with Gasteiger partial charge in [0.05, 0.1) is 12.0 Å². The summed E-state index contributed by atoms with van der Waals surface area (Å²) in [6.07, 6.45) is 1.60. The molecule has 66 valence electrons. The van der Waals surface area contributed by atoms with Crippen molar-refractivity contribution in [2.75, 3.05) is 5.75 Å². The van der Waals surface area contributed by atoms with Gasteiger partial charge in [0.25, 0.3) is 0 Å². The summed E-state index contributed by atoms with van der Waals surface area (Å²) in [7, 11) is 0. The molecule has 12 heavy (non-hydrogen) atoms. The van der Waals surface area contributed by atoms with Gasteiger partial charge in [-0.3, -0.25) is 10.2 Å². The van der Waals surface area contributed by atoms with Crippen molar-refractivity contribution in [1.82, 2.24) is 5.43 Å². The van der Waals surface area contributed by atoms with Crippen LogP contribution >= 0.6 is 11.8 Å². The second kappa shape index (κ2) is 4.18. The van der Waals surface area contributed by atoms with Crippen LogP contribution in [0.1, 0.15) is 5.76 Å². The average molecular weight is 186 g/mol. The molecule has 1 heterocycles. The first-order valence-electron chi connectivity index (χ1n) is 3.40. The minimum Gasteiger partial charge on any atom is -0.468 e. The number of nitrogens with one attached hydrogen (secondary N) is 1. The Morgan fingerprint density at radius 3 is 3.08 bits per heavy atom. The lowest BCUT2D eigenvalue weighted by Gasteiger charge is -1.97. The molecule has 5 heteroatoms. The van der Waals surface area contributed by atoms with Crippen LogP contribution in [0.15, 0.2) is 21.6 Å². The Labute approximate surface area is 74.5 Å². The Morgan fingerprint density at radius 1 is 1.83 bits per heavy atom. The smallest absolute Gasteiger partial charge is 0.244 e. The average Bonchev–Trinajstić information content (AvgIpc) is 2.47. The van der Waals surface area contributed by atoms with Crippen LogP contribution < -0.4 is 11.3 Å². The Bertz CT molecular complexity index is 272. The molecular formula is C7H10N2O2S. The highest BCUT2D eigenvalue weighted by Gasteiger charge is 2.04. The first-order valence-corrected chi connectivity index (χ1v) is 4.39. The van der Waals surface area contributed by atoms with Crippen molar-refractivity contribution < 1.29 is 9.21 Å². The molecule has 0 aliphatic carbocycles. The van der Waals surface area contributed by atoms with E-state index in [0.717, 1.165) is 10.7 Å². The molecule has 1 amide bonds. The topological polar surface area (TPSA) is 68.3 Å². The number of thioether (sulfide) groups is 1. The number of hydrogen-bond donors (Lipinski definition) is 2. The second-order valence-electron chi connectivity index (χ2n) is 2.20. The number of aryl methyl sites for hydroxylation is 1. The van der Waals surface area contributed by atoms with Crippen molar-refractivity contribution in [2.45, 2.75) is 11.8 Å². The number of nitrogens with two attached hydrogens (primary N) is 1. The van der Waals surface area contributed by atoms with Crippen molar-refractivity contribution in [3.63, 3.8) is 0 Å². The Kier molecular flexibility index (Phi) is 3.19. The van der Waals surface area contributed by atoms with Crippen LogP contribution in [0.4, 0.5) is 0 Å². The van der Waals surface area contributed by atoms with E-state index in [2.05, 4.69) is 5.43 Å². The van der Waals surface area contributed by atoms with Gasteiger partial charge < -0.3 is 4.42 Å². The molecule has 0 unspecified atom stereocenters. The minimum atomic E-state index is -0.194. The molecular weight excluding hydrogens is 176 g/mol. The molecule has 1 rings (SSSR count). The lowest BCUT2D eigenvalue weighted by atomic mass is 10.5. The molecule has 0 saturated heterocycles. The van der Waals surface area contributed by atoms with Crippen molar-refractivity contribution in [1.29, 1.82) is 0 Å². The van der Waals surface area contributed by atoms with E-state index in [9.17, 15) is 4.79 Å². The summed E-state index contributed by atoms with van der Waals surface area (Å²) in [4.78, 5) is 11.7. The van der Waals surface area contributed by atoms with Gasteiger partial charge in [-0.15, -0.1) is 11.8 Å². The highest BCUT2D eigenvalue weighted by Crippen LogP contribution is 2.22. The van der Waals surface area contributed by atoms with Crippen LogP contribution in [-0.4, -0.2) is 11.7 Å². The lowest BCUT2D eigenvalue weighted by Crippen LogP contribution is -2.31. The van der Waals surface area contributed by atoms with Gasteiger partial charge in [-0.25, -0.2) is 5.84 Å². The number of amides is 1. The number of carbonyl (C=O) groups excluding carboxylic acids is 1. The van der Waals surface area contributed by atoms with Crippen LogP contribution in [0.5, 0.6) is 0 Å². The van der Waals surface area contributed by atoms with Crippen molar-refractivity contribution >= 4 is 17.7 Å². The van der Waals surface area contributed by atoms with E-state index in [0.29, 0.717) is 5.75 Å².